The number of carbonyl (C=O) groups excluding carboxylic acids is 1. The Balaban J connectivity index is 2.91. The van der Waals surface area contributed by atoms with Gasteiger partial charge < -0.3 is 15.6 Å². The molecule has 0 bridgehead atoms. The average Bonchev–Trinajstić information content (AvgIpc) is 2.03. The molecule has 0 atom stereocenters. The number of amides is 1. The normalized spacial score (nSPS) is 9.23. The number of ether oxygens (including phenoxy) is 1. The van der Waals surface area contributed by atoms with Crippen LogP contribution < -0.4 is 10.5 Å². The number of carboxylic acids is 1. The highest BCUT2D eigenvalue weighted by molar-refractivity contribution is 5.88. The van der Waals surface area contributed by atoms with Crippen LogP contribution in [0.15, 0.2) is 24.3 Å². The number of rotatable bonds is 2. The Bertz CT molecular complexity index is 348. The molecule has 5 nitrogen and oxygen atoms in total. The third kappa shape index (κ3) is 2.48. The quantitative estimate of drug-likeness (QED) is 0.707. The van der Waals surface area contributed by atoms with Crippen LogP contribution in [0, 0.1) is 0 Å². The summed E-state index contributed by atoms with van der Waals surface area (Å²) in [5.74, 6) is -0.970. The largest absolute Gasteiger partial charge is 0.478 e. The fraction of sp³-hybridized carbons (Fsp3) is 0. The van der Waals surface area contributed by atoms with Gasteiger partial charge in [0.1, 0.15) is 5.75 Å². The molecule has 3 N–H and O–H groups in total. The lowest BCUT2D eigenvalue weighted by Gasteiger charge is -2.00. The highest BCUT2D eigenvalue weighted by atomic mass is 16.5. The number of aromatic carboxylic acids is 1. The molecule has 13 heavy (non-hydrogen) atoms. The Morgan fingerprint density at radius 3 is 2.62 bits per heavy atom. The molecule has 0 saturated carbocycles. The lowest BCUT2D eigenvalue weighted by Crippen LogP contribution is -2.16. The van der Waals surface area contributed by atoms with E-state index in [1.165, 1.54) is 24.3 Å². The minimum Gasteiger partial charge on any atom is -0.478 e. The van der Waals surface area contributed by atoms with Crippen molar-refractivity contribution in [1.82, 2.24) is 0 Å². The molecule has 0 radical (unpaired) electrons. The van der Waals surface area contributed by atoms with E-state index < -0.39 is 12.1 Å². The van der Waals surface area contributed by atoms with Crippen molar-refractivity contribution in [3.8, 4) is 5.75 Å². The van der Waals surface area contributed by atoms with Gasteiger partial charge in [-0.25, -0.2) is 9.59 Å². The first-order valence-electron chi connectivity index (χ1n) is 3.40. The topological polar surface area (TPSA) is 89.6 Å². The van der Waals surface area contributed by atoms with Crippen LogP contribution in [0.3, 0.4) is 0 Å². The minimum absolute atomic E-state index is 0.0405. The molecule has 1 amide bonds. The van der Waals surface area contributed by atoms with Crippen molar-refractivity contribution in [2.45, 2.75) is 0 Å². The molecule has 0 heterocycles. The van der Waals surface area contributed by atoms with E-state index in [1.807, 2.05) is 0 Å². The first-order chi connectivity index (χ1) is 6.09. The van der Waals surface area contributed by atoms with Crippen LogP contribution in [-0.2, 0) is 0 Å². The molecule has 0 aromatic heterocycles. The van der Waals surface area contributed by atoms with Crippen molar-refractivity contribution in [2.24, 2.45) is 5.73 Å². The second-order valence-electron chi connectivity index (χ2n) is 2.25. The maximum absolute atomic E-state index is 10.5. The zero-order chi connectivity index (χ0) is 9.84. The van der Waals surface area contributed by atoms with Gasteiger partial charge in [-0.2, -0.15) is 0 Å². The van der Waals surface area contributed by atoms with Crippen LogP contribution >= 0.6 is 0 Å². The lowest BCUT2D eigenvalue weighted by molar-refractivity contribution is 0.0696. The summed E-state index contributed by atoms with van der Waals surface area (Å²) < 4.78 is 4.48. The van der Waals surface area contributed by atoms with E-state index in [2.05, 4.69) is 4.74 Å². The van der Waals surface area contributed by atoms with Crippen molar-refractivity contribution >= 4 is 12.1 Å². The van der Waals surface area contributed by atoms with Gasteiger partial charge in [-0.15, -0.1) is 0 Å². The molecule has 0 aliphatic carbocycles. The Hall–Kier alpha value is -2.04. The van der Waals surface area contributed by atoms with Gasteiger partial charge in [0.25, 0.3) is 0 Å². The van der Waals surface area contributed by atoms with Gasteiger partial charge in [0.05, 0.1) is 5.56 Å². The van der Waals surface area contributed by atoms with Crippen LogP contribution in [0.1, 0.15) is 10.4 Å². The maximum Gasteiger partial charge on any atom is 0.409 e. The second-order valence-corrected chi connectivity index (χ2v) is 2.25. The van der Waals surface area contributed by atoms with Gasteiger partial charge in [-0.05, 0) is 18.2 Å². The SMILES string of the molecule is NC(=O)Oc1cccc(C(=O)O)c1. The third-order valence-electron chi connectivity index (χ3n) is 1.30. The van der Waals surface area contributed by atoms with Crippen LogP contribution in [0.5, 0.6) is 5.75 Å². The number of hydrogen-bond acceptors (Lipinski definition) is 3. The molecule has 1 aromatic rings. The van der Waals surface area contributed by atoms with Gasteiger partial charge >= 0.3 is 12.1 Å². The molecular formula is C8H7NO4. The first kappa shape index (κ1) is 9.05. The minimum atomic E-state index is -1.09. The van der Waals surface area contributed by atoms with Gasteiger partial charge in [0, 0.05) is 0 Å². The molecule has 0 spiro atoms. The summed E-state index contributed by atoms with van der Waals surface area (Å²) in [6.45, 7) is 0. The van der Waals surface area contributed by atoms with Gasteiger partial charge in [-0.1, -0.05) is 6.07 Å². The van der Waals surface area contributed by atoms with Crippen LogP contribution in [-0.4, -0.2) is 17.2 Å². The molecule has 0 saturated heterocycles. The van der Waals surface area contributed by atoms with E-state index in [4.69, 9.17) is 10.8 Å². The Morgan fingerprint density at radius 1 is 1.38 bits per heavy atom. The zero-order valence-corrected chi connectivity index (χ0v) is 6.56. The summed E-state index contributed by atoms with van der Waals surface area (Å²) in [5.41, 5.74) is 4.78. The summed E-state index contributed by atoms with van der Waals surface area (Å²) >= 11 is 0. The summed E-state index contributed by atoms with van der Waals surface area (Å²) in [5, 5.41) is 8.57. The van der Waals surface area contributed by atoms with E-state index in [1.54, 1.807) is 0 Å². The third-order valence-corrected chi connectivity index (χ3v) is 1.30. The molecule has 0 fully saturated rings. The number of nitrogens with two attached hydrogens (primary N) is 1. The molecule has 0 unspecified atom stereocenters. The molecule has 0 aliphatic rings. The number of hydrogen-bond donors (Lipinski definition) is 2. The smallest absolute Gasteiger partial charge is 0.409 e. The van der Waals surface area contributed by atoms with Gasteiger partial charge in [-0.3, -0.25) is 0 Å². The maximum atomic E-state index is 10.5. The number of primary amides is 1. The van der Waals surface area contributed by atoms with Crippen molar-refractivity contribution < 1.29 is 19.4 Å². The summed E-state index contributed by atoms with van der Waals surface area (Å²) in [6.07, 6.45) is -0.970. The number of carbonyl (C=O) groups is 2. The molecule has 68 valence electrons. The van der Waals surface area contributed by atoms with Crippen LogP contribution in [0.25, 0.3) is 0 Å². The van der Waals surface area contributed by atoms with Crippen molar-refractivity contribution in [3.05, 3.63) is 29.8 Å². The highest BCUT2D eigenvalue weighted by Crippen LogP contribution is 2.12. The molecule has 0 aliphatic heterocycles. The molecular weight excluding hydrogens is 174 g/mol. The molecule has 5 heteroatoms. The fourth-order valence-corrected chi connectivity index (χ4v) is 0.809. The van der Waals surface area contributed by atoms with Crippen LogP contribution in [0.2, 0.25) is 0 Å². The number of carboxylic acid groups (broad SMARTS) is 1. The fourth-order valence-electron chi connectivity index (χ4n) is 0.809. The van der Waals surface area contributed by atoms with E-state index in [0.29, 0.717) is 0 Å². The Morgan fingerprint density at radius 2 is 2.08 bits per heavy atom. The Kier molecular flexibility index (Phi) is 2.49. The summed E-state index contributed by atoms with van der Waals surface area (Å²) in [4.78, 5) is 20.8. The van der Waals surface area contributed by atoms with Crippen molar-refractivity contribution in [2.75, 3.05) is 0 Å². The predicted octanol–water partition coefficient (Wildman–Crippen LogP) is 0.842. The Labute approximate surface area is 73.7 Å². The summed E-state index contributed by atoms with van der Waals surface area (Å²) in [6, 6.07) is 5.50. The standard InChI is InChI=1S/C8H7NO4/c9-8(12)13-6-3-1-2-5(4-6)7(10)11/h1-4H,(H2,9,12)(H,10,11). The molecule has 1 aromatic carbocycles. The van der Waals surface area contributed by atoms with Gasteiger partial charge in [0.15, 0.2) is 0 Å². The van der Waals surface area contributed by atoms with Crippen LogP contribution in [0.4, 0.5) is 4.79 Å². The monoisotopic (exact) mass is 181 g/mol. The van der Waals surface area contributed by atoms with E-state index in [0.717, 1.165) is 0 Å². The lowest BCUT2D eigenvalue weighted by atomic mass is 10.2. The first-order valence-corrected chi connectivity index (χ1v) is 3.40. The van der Waals surface area contributed by atoms with E-state index in [9.17, 15) is 9.59 Å². The number of benzene rings is 1. The average molecular weight is 181 g/mol. The molecule has 1 rings (SSSR count). The zero-order valence-electron chi connectivity index (χ0n) is 6.56. The second kappa shape index (κ2) is 3.57. The highest BCUT2D eigenvalue weighted by Gasteiger charge is 2.04. The van der Waals surface area contributed by atoms with E-state index in [-0.39, 0.29) is 11.3 Å². The van der Waals surface area contributed by atoms with Crippen molar-refractivity contribution in [1.29, 1.82) is 0 Å². The predicted molar refractivity (Wildman–Crippen MR) is 43.6 cm³/mol. The summed E-state index contributed by atoms with van der Waals surface area (Å²) in [7, 11) is 0. The van der Waals surface area contributed by atoms with E-state index >= 15 is 0 Å². The van der Waals surface area contributed by atoms with Crippen molar-refractivity contribution in [3.63, 3.8) is 0 Å². The van der Waals surface area contributed by atoms with Gasteiger partial charge in [0.2, 0.25) is 0 Å².